The van der Waals surface area contributed by atoms with Gasteiger partial charge in [-0.15, -0.1) is 0 Å². The van der Waals surface area contributed by atoms with Crippen molar-refractivity contribution in [3.8, 4) is 16.9 Å². The van der Waals surface area contributed by atoms with Gasteiger partial charge in [0.05, 0.1) is 7.11 Å². The maximum absolute atomic E-state index is 5.46. The van der Waals surface area contributed by atoms with Crippen LogP contribution in [-0.2, 0) is 0 Å². The van der Waals surface area contributed by atoms with Gasteiger partial charge in [-0.3, -0.25) is 4.98 Å². The minimum atomic E-state index is 0.893. The molecule has 0 N–H and O–H groups in total. The number of aryl methyl sites for hydroxylation is 1. The van der Waals surface area contributed by atoms with Gasteiger partial charge in [-0.1, -0.05) is 36.4 Å². The fraction of sp³-hybridized carbons (Fsp3) is 0.118. The van der Waals surface area contributed by atoms with Crippen molar-refractivity contribution in [1.82, 2.24) is 4.98 Å². The average molecular weight is 249 g/mol. The van der Waals surface area contributed by atoms with Crippen molar-refractivity contribution in [3.63, 3.8) is 0 Å². The molecule has 0 saturated heterocycles. The minimum absolute atomic E-state index is 0.893. The molecule has 0 fully saturated rings. The predicted molar refractivity (Wildman–Crippen MR) is 78.5 cm³/mol. The molecule has 0 aliphatic heterocycles. The molecule has 2 nitrogen and oxygen atoms in total. The first-order chi connectivity index (χ1) is 9.29. The molecule has 19 heavy (non-hydrogen) atoms. The highest BCUT2D eigenvalue weighted by atomic mass is 16.5. The molecular formula is C17H15NO. The standard InChI is InChI=1S/C17H15NO/c1-12-10-16-13(11-18-12)6-5-8-14(16)15-7-3-4-9-17(15)19-2/h3-11H,1-2H3. The van der Waals surface area contributed by atoms with Gasteiger partial charge in [0.25, 0.3) is 0 Å². The van der Waals surface area contributed by atoms with Gasteiger partial charge in [0.2, 0.25) is 0 Å². The van der Waals surface area contributed by atoms with Crippen molar-refractivity contribution in [2.75, 3.05) is 7.11 Å². The van der Waals surface area contributed by atoms with Crippen LogP contribution >= 0.6 is 0 Å². The largest absolute Gasteiger partial charge is 0.496 e. The van der Waals surface area contributed by atoms with Gasteiger partial charge >= 0.3 is 0 Å². The number of hydrogen-bond donors (Lipinski definition) is 0. The van der Waals surface area contributed by atoms with Crippen LogP contribution in [0.1, 0.15) is 5.69 Å². The van der Waals surface area contributed by atoms with Crippen LogP contribution in [0.25, 0.3) is 21.9 Å². The number of para-hydroxylation sites is 1. The second-order valence-corrected chi connectivity index (χ2v) is 4.55. The lowest BCUT2D eigenvalue weighted by molar-refractivity contribution is 0.416. The minimum Gasteiger partial charge on any atom is -0.496 e. The monoisotopic (exact) mass is 249 g/mol. The third kappa shape index (κ3) is 2.06. The Morgan fingerprint density at radius 3 is 2.58 bits per heavy atom. The molecule has 2 heteroatoms. The summed E-state index contributed by atoms with van der Waals surface area (Å²) in [6, 6.07) is 16.5. The van der Waals surface area contributed by atoms with Crippen molar-refractivity contribution in [2.24, 2.45) is 0 Å². The van der Waals surface area contributed by atoms with E-state index in [0.717, 1.165) is 22.4 Å². The van der Waals surface area contributed by atoms with Crippen molar-refractivity contribution in [1.29, 1.82) is 0 Å². The molecule has 1 aromatic heterocycles. The first-order valence-corrected chi connectivity index (χ1v) is 6.28. The molecule has 3 aromatic rings. The van der Waals surface area contributed by atoms with E-state index in [1.54, 1.807) is 7.11 Å². The summed E-state index contributed by atoms with van der Waals surface area (Å²) in [6.45, 7) is 2.01. The Labute approximate surface area is 112 Å². The predicted octanol–water partition coefficient (Wildman–Crippen LogP) is 4.22. The molecule has 0 atom stereocenters. The Morgan fingerprint density at radius 1 is 0.947 bits per heavy atom. The summed E-state index contributed by atoms with van der Waals surface area (Å²) in [5, 5.41) is 2.36. The third-order valence-electron chi connectivity index (χ3n) is 3.30. The lowest BCUT2D eigenvalue weighted by atomic mass is 9.98. The highest BCUT2D eigenvalue weighted by Gasteiger charge is 2.08. The Hall–Kier alpha value is -2.35. The molecule has 0 unspecified atom stereocenters. The number of methoxy groups -OCH3 is 1. The summed E-state index contributed by atoms with van der Waals surface area (Å²) in [5.41, 5.74) is 3.32. The van der Waals surface area contributed by atoms with Gasteiger partial charge in [-0.2, -0.15) is 0 Å². The molecule has 0 amide bonds. The maximum atomic E-state index is 5.46. The summed E-state index contributed by atoms with van der Waals surface area (Å²) in [6.07, 6.45) is 1.92. The Kier molecular flexibility index (Phi) is 2.92. The lowest BCUT2D eigenvalue weighted by Crippen LogP contribution is -1.89. The summed E-state index contributed by atoms with van der Waals surface area (Å²) in [5.74, 6) is 0.893. The molecule has 1 heterocycles. The van der Waals surface area contributed by atoms with Gasteiger partial charge in [0.15, 0.2) is 0 Å². The molecule has 0 spiro atoms. The van der Waals surface area contributed by atoms with E-state index in [4.69, 9.17) is 4.74 Å². The number of rotatable bonds is 2. The highest BCUT2D eigenvalue weighted by molar-refractivity contribution is 5.97. The fourth-order valence-corrected chi connectivity index (χ4v) is 2.38. The number of aromatic nitrogens is 1. The summed E-state index contributed by atoms with van der Waals surface area (Å²) < 4.78 is 5.46. The van der Waals surface area contributed by atoms with Crippen molar-refractivity contribution in [3.05, 3.63) is 60.4 Å². The van der Waals surface area contributed by atoms with E-state index in [1.165, 1.54) is 10.9 Å². The first-order valence-electron chi connectivity index (χ1n) is 6.28. The van der Waals surface area contributed by atoms with E-state index in [2.05, 4.69) is 35.3 Å². The maximum Gasteiger partial charge on any atom is 0.126 e. The first kappa shape index (κ1) is 11.7. The molecule has 0 radical (unpaired) electrons. The zero-order chi connectivity index (χ0) is 13.2. The van der Waals surface area contributed by atoms with E-state index in [1.807, 2.05) is 31.3 Å². The second kappa shape index (κ2) is 4.73. The van der Waals surface area contributed by atoms with Gasteiger partial charge < -0.3 is 4.74 Å². The van der Waals surface area contributed by atoms with Gasteiger partial charge in [-0.05, 0) is 30.0 Å². The van der Waals surface area contributed by atoms with Crippen molar-refractivity contribution < 1.29 is 4.74 Å². The number of ether oxygens (including phenoxy) is 1. The van der Waals surface area contributed by atoms with Crippen LogP contribution in [0.5, 0.6) is 5.75 Å². The molecule has 0 saturated carbocycles. The molecule has 2 aromatic carbocycles. The van der Waals surface area contributed by atoms with Gasteiger partial charge in [0, 0.05) is 22.8 Å². The molecule has 0 aliphatic carbocycles. The summed E-state index contributed by atoms with van der Waals surface area (Å²) in [4.78, 5) is 4.35. The fourth-order valence-electron chi connectivity index (χ4n) is 2.38. The van der Waals surface area contributed by atoms with Gasteiger partial charge in [-0.25, -0.2) is 0 Å². The summed E-state index contributed by atoms with van der Waals surface area (Å²) in [7, 11) is 1.71. The SMILES string of the molecule is COc1ccccc1-c1cccc2cnc(C)cc12. The molecule has 94 valence electrons. The average Bonchev–Trinajstić information content (AvgIpc) is 2.46. The van der Waals surface area contributed by atoms with Crippen molar-refractivity contribution >= 4 is 10.8 Å². The Balaban J connectivity index is 2.33. The van der Waals surface area contributed by atoms with E-state index in [0.29, 0.717) is 0 Å². The van der Waals surface area contributed by atoms with E-state index in [-0.39, 0.29) is 0 Å². The van der Waals surface area contributed by atoms with Crippen molar-refractivity contribution in [2.45, 2.75) is 6.92 Å². The molecule has 0 aliphatic rings. The topological polar surface area (TPSA) is 22.1 Å². The van der Waals surface area contributed by atoms with E-state index in [9.17, 15) is 0 Å². The second-order valence-electron chi connectivity index (χ2n) is 4.55. The molecule has 0 bridgehead atoms. The van der Waals surface area contributed by atoms with Crippen LogP contribution in [0.4, 0.5) is 0 Å². The number of fused-ring (bicyclic) bond motifs is 1. The van der Waals surface area contributed by atoms with E-state index >= 15 is 0 Å². The number of nitrogens with zero attached hydrogens (tertiary/aromatic N) is 1. The zero-order valence-electron chi connectivity index (χ0n) is 11.1. The Morgan fingerprint density at radius 2 is 1.74 bits per heavy atom. The van der Waals surface area contributed by atoms with Crippen LogP contribution in [0.3, 0.4) is 0 Å². The van der Waals surface area contributed by atoms with Gasteiger partial charge in [0.1, 0.15) is 5.75 Å². The van der Waals surface area contributed by atoms with Crippen LogP contribution in [0.15, 0.2) is 54.7 Å². The van der Waals surface area contributed by atoms with Crippen LogP contribution in [-0.4, -0.2) is 12.1 Å². The van der Waals surface area contributed by atoms with E-state index < -0.39 is 0 Å². The molecule has 3 rings (SSSR count). The third-order valence-corrected chi connectivity index (χ3v) is 3.30. The van der Waals surface area contributed by atoms with Crippen LogP contribution in [0.2, 0.25) is 0 Å². The normalized spacial score (nSPS) is 10.6. The number of hydrogen-bond acceptors (Lipinski definition) is 2. The number of benzene rings is 2. The Bertz CT molecular complexity index is 734. The smallest absolute Gasteiger partial charge is 0.126 e. The van der Waals surface area contributed by atoms with Crippen LogP contribution in [0, 0.1) is 6.92 Å². The molecular weight excluding hydrogens is 234 g/mol. The van der Waals surface area contributed by atoms with Crippen LogP contribution < -0.4 is 4.74 Å². The summed E-state index contributed by atoms with van der Waals surface area (Å²) >= 11 is 0. The number of pyridine rings is 1. The quantitative estimate of drug-likeness (QED) is 0.678. The lowest BCUT2D eigenvalue weighted by Gasteiger charge is -2.11. The highest BCUT2D eigenvalue weighted by Crippen LogP contribution is 2.34. The zero-order valence-corrected chi connectivity index (χ0v) is 11.1.